The van der Waals surface area contributed by atoms with Gasteiger partial charge >= 0.3 is 0 Å². The van der Waals surface area contributed by atoms with Gasteiger partial charge < -0.3 is 9.47 Å². The SMILES string of the molecule is C#CCOc1c(Br)cc(C=C2SC(=O)N(CC#C)C2=O)cc1OC. The molecule has 1 aromatic rings. The second kappa shape index (κ2) is 7.96. The molecule has 7 heteroatoms. The average Bonchev–Trinajstić information content (AvgIpc) is 2.81. The first-order valence-corrected chi connectivity index (χ1v) is 8.25. The molecule has 0 aliphatic carbocycles. The third kappa shape index (κ3) is 3.76. The summed E-state index contributed by atoms with van der Waals surface area (Å²) in [5.41, 5.74) is 0.665. The zero-order chi connectivity index (χ0) is 17.7. The van der Waals surface area contributed by atoms with Crippen LogP contribution >= 0.6 is 27.7 Å². The van der Waals surface area contributed by atoms with Crippen LogP contribution in [0.1, 0.15) is 5.56 Å². The number of imide groups is 1. The number of carbonyl (C=O) groups is 2. The van der Waals surface area contributed by atoms with Gasteiger partial charge in [0.05, 0.1) is 23.0 Å². The van der Waals surface area contributed by atoms with Gasteiger partial charge in [-0.15, -0.1) is 12.8 Å². The number of thioether (sulfide) groups is 1. The van der Waals surface area contributed by atoms with Crippen LogP contribution in [0, 0.1) is 24.7 Å². The van der Waals surface area contributed by atoms with Crippen LogP contribution in [0.3, 0.4) is 0 Å². The predicted molar refractivity (Wildman–Crippen MR) is 96.5 cm³/mol. The summed E-state index contributed by atoms with van der Waals surface area (Å²) in [6.45, 7) is 0.0488. The molecule has 0 radical (unpaired) electrons. The van der Waals surface area contributed by atoms with E-state index in [1.807, 2.05) is 0 Å². The van der Waals surface area contributed by atoms with Gasteiger partial charge in [0, 0.05) is 0 Å². The quantitative estimate of drug-likeness (QED) is 0.556. The van der Waals surface area contributed by atoms with Gasteiger partial charge in [0.15, 0.2) is 11.5 Å². The van der Waals surface area contributed by atoms with Crippen LogP contribution in [0.25, 0.3) is 6.08 Å². The molecule has 2 amide bonds. The lowest BCUT2D eigenvalue weighted by molar-refractivity contribution is -0.122. The fourth-order valence-corrected chi connectivity index (χ4v) is 3.37. The number of methoxy groups -OCH3 is 1. The molecular formula is C17H12BrNO4S. The predicted octanol–water partition coefficient (Wildman–Crippen LogP) is 3.14. The molecule has 0 aromatic heterocycles. The zero-order valence-electron chi connectivity index (χ0n) is 12.7. The van der Waals surface area contributed by atoms with Gasteiger partial charge in [-0.2, -0.15) is 0 Å². The average molecular weight is 406 g/mol. The Balaban J connectivity index is 2.35. The first kappa shape index (κ1) is 18.0. The van der Waals surface area contributed by atoms with Crippen LogP contribution in [-0.4, -0.2) is 36.3 Å². The third-order valence-electron chi connectivity index (χ3n) is 2.97. The summed E-state index contributed by atoms with van der Waals surface area (Å²) in [6.07, 6.45) is 12.0. The zero-order valence-corrected chi connectivity index (χ0v) is 15.1. The van der Waals surface area contributed by atoms with Gasteiger partial charge in [-0.25, -0.2) is 0 Å². The normalized spacial score (nSPS) is 15.3. The molecule has 0 bridgehead atoms. The third-order valence-corrected chi connectivity index (χ3v) is 4.47. The molecule has 0 N–H and O–H groups in total. The molecule has 0 unspecified atom stereocenters. The maximum Gasteiger partial charge on any atom is 0.294 e. The molecule has 5 nitrogen and oxygen atoms in total. The van der Waals surface area contributed by atoms with Crippen molar-refractivity contribution in [3.8, 4) is 36.2 Å². The lowest BCUT2D eigenvalue weighted by atomic mass is 10.2. The molecule has 1 aliphatic rings. The van der Waals surface area contributed by atoms with Crippen molar-refractivity contribution in [1.82, 2.24) is 4.90 Å². The molecule has 1 fully saturated rings. The van der Waals surface area contributed by atoms with Crippen molar-refractivity contribution in [3.63, 3.8) is 0 Å². The van der Waals surface area contributed by atoms with Gasteiger partial charge in [0.2, 0.25) is 0 Å². The monoisotopic (exact) mass is 405 g/mol. The minimum atomic E-state index is -0.411. The first-order chi connectivity index (χ1) is 11.5. The molecular weight excluding hydrogens is 394 g/mol. The van der Waals surface area contributed by atoms with Crippen LogP contribution in [0.5, 0.6) is 11.5 Å². The first-order valence-electron chi connectivity index (χ1n) is 6.64. The molecule has 24 heavy (non-hydrogen) atoms. The van der Waals surface area contributed by atoms with Gasteiger partial charge in [-0.3, -0.25) is 14.5 Å². The molecule has 0 atom stereocenters. The summed E-state index contributed by atoms with van der Waals surface area (Å²) in [6, 6.07) is 3.43. The minimum absolute atomic E-state index is 0.0477. The van der Waals surface area contributed by atoms with E-state index in [0.717, 1.165) is 16.7 Å². The number of rotatable bonds is 5. The Bertz CT molecular complexity index is 804. The van der Waals surface area contributed by atoms with Gasteiger partial charge in [-0.05, 0) is 51.5 Å². The van der Waals surface area contributed by atoms with Crippen LogP contribution in [0.2, 0.25) is 0 Å². The second-order valence-electron chi connectivity index (χ2n) is 4.50. The number of ether oxygens (including phenoxy) is 2. The maximum atomic E-state index is 12.2. The molecule has 122 valence electrons. The highest BCUT2D eigenvalue weighted by molar-refractivity contribution is 9.10. The Morgan fingerprint density at radius 3 is 2.71 bits per heavy atom. The van der Waals surface area contributed by atoms with E-state index < -0.39 is 5.91 Å². The molecule has 1 heterocycles. The minimum Gasteiger partial charge on any atom is -0.493 e. The highest BCUT2D eigenvalue weighted by atomic mass is 79.9. The fraction of sp³-hybridized carbons (Fsp3) is 0.176. The summed E-state index contributed by atoms with van der Waals surface area (Å²) in [5.74, 6) is 5.18. The van der Waals surface area contributed by atoms with Crippen LogP contribution < -0.4 is 9.47 Å². The smallest absolute Gasteiger partial charge is 0.294 e. The molecule has 0 saturated carbocycles. The van der Waals surface area contributed by atoms with Gasteiger partial charge in [0.25, 0.3) is 11.1 Å². The molecule has 1 aromatic carbocycles. The maximum absolute atomic E-state index is 12.2. The molecule has 1 aliphatic heterocycles. The molecule has 1 saturated heterocycles. The Morgan fingerprint density at radius 1 is 1.33 bits per heavy atom. The van der Waals surface area contributed by atoms with Gasteiger partial charge in [0.1, 0.15) is 6.61 Å². The molecule has 0 spiro atoms. The summed E-state index contributed by atoms with van der Waals surface area (Å²) in [5, 5.41) is -0.385. The standard InChI is InChI=1S/C17H12BrNO4S/c1-4-6-19-16(20)14(24-17(19)21)10-11-8-12(18)15(23-7-5-2)13(9-11)22-3/h1-2,8-10H,6-7H2,3H3. The highest BCUT2D eigenvalue weighted by Gasteiger charge is 2.34. The van der Waals surface area contributed by atoms with E-state index in [0.29, 0.717) is 26.4 Å². The van der Waals surface area contributed by atoms with E-state index >= 15 is 0 Å². The molecule has 2 rings (SSSR count). The van der Waals surface area contributed by atoms with Gasteiger partial charge in [-0.1, -0.05) is 11.8 Å². The van der Waals surface area contributed by atoms with Crippen LogP contribution in [0.4, 0.5) is 4.79 Å². The number of halogens is 1. The summed E-state index contributed by atoms with van der Waals surface area (Å²) < 4.78 is 11.3. The summed E-state index contributed by atoms with van der Waals surface area (Å²) >= 11 is 4.23. The van der Waals surface area contributed by atoms with E-state index in [1.54, 1.807) is 18.2 Å². The van der Waals surface area contributed by atoms with Crippen molar-refractivity contribution in [2.75, 3.05) is 20.3 Å². The van der Waals surface area contributed by atoms with Crippen LogP contribution in [-0.2, 0) is 4.79 Å². The van der Waals surface area contributed by atoms with E-state index in [9.17, 15) is 9.59 Å². The number of benzene rings is 1. The Hall–Kier alpha value is -2.35. The Morgan fingerprint density at radius 2 is 2.08 bits per heavy atom. The Kier molecular flexibility index (Phi) is 5.97. The van der Waals surface area contributed by atoms with Crippen molar-refractivity contribution in [2.45, 2.75) is 0 Å². The van der Waals surface area contributed by atoms with E-state index in [2.05, 4.69) is 27.8 Å². The number of carbonyl (C=O) groups excluding carboxylic acids is 2. The van der Waals surface area contributed by atoms with Crippen molar-refractivity contribution in [3.05, 3.63) is 27.1 Å². The lowest BCUT2D eigenvalue weighted by Crippen LogP contribution is -2.28. The van der Waals surface area contributed by atoms with Crippen molar-refractivity contribution in [1.29, 1.82) is 0 Å². The van der Waals surface area contributed by atoms with Crippen LogP contribution in [0.15, 0.2) is 21.5 Å². The number of amides is 2. The van der Waals surface area contributed by atoms with Crippen molar-refractivity contribution >= 4 is 44.9 Å². The largest absolute Gasteiger partial charge is 0.493 e. The number of terminal acetylenes is 2. The number of nitrogens with zero attached hydrogens (tertiary/aromatic N) is 1. The topological polar surface area (TPSA) is 55.8 Å². The second-order valence-corrected chi connectivity index (χ2v) is 6.35. The highest BCUT2D eigenvalue weighted by Crippen LogP contribution is 2.39. The van der Waals surface area contributed by atoms with E-state index in [-0.39, 0.29) is 18.4 Å². The van der Waals surface area contributed by atoms with E-state index in [1.165, 1.54) is 7.11 Å². The van der Waals surface area contributed by atoms with Crippen molar-refractivity contribution in [2.24, 2.45) is 0 Å². The number of hydrogen-bond acceptors (Lipinski definition) is 5. The summed E-state index contributed by atoms with van der Waals surface area (Å²) in [4.78, 5) is 25.3. The van der Waals surface area contributed by atoms with E-state index in [4.69, 9.17) is 22.3 Å². The fourth-order valence-electron chi connectivity index (χ4n) is 1.96. The number of hydrogen-bond donors (Lipinski definition) is 0. The lowest BCUT2D eigenvalue weighted by Gasteiger charge is -2.12. The summed E-state index contributed by atoms with van der Waals surface area (Å²) in [7, 11) is 1.50. The Labute approximate surface area is 152 Å². The van der Waals surface area contributed by atoms with Crippen molar-refractivity contribution < 1.29 is 19.1 Å².